The average molecular weight is 695 g/mol. The lowest BCUT2D eigenvalue weighted by molar-refractivity contribution is 0.00338. The van der Waals surface area contributed by atoms with Gasteiger partial charge in [-0.2, -0.15) is 13.1 Å². The van der Waals surface area contributed by atoms with Crippen molar-refractivity contribution in [3.05, 3.63) is 73.3 Å². The summed E-state index contributed by atoms with van der Waals surface area (Å²) in [6.45, 7) is 1.56. The molecular weight excluding hydrogens is 666 g/mol. The van der Waals surface area contributed by atoms with Crippen molar-refractivity contribution in [2.24, 2.45) is 7.05 Å². The van der Waals surface area contributed by atoms with E-state index in [1.807, 2.05) is 22.6 Å². The molecule has 41 heavy (non-hydrogen) atoms. The molecule has 6 rings (SSSR count). The van der Waals surface area contributed by atoms with Crippen LogP contribution in [0.5, 0.6) is 0 Å². The average Bonchev–Trinajstić information content (AvgIpc) is 3.83. The maximum Gasteiger partial charge on any atom is 0.299 e. The minimum Gasteiger partial charge on any atom is -0.356 e. The van der Waals surface area contributed by atoms with Crippen molar-refractivity contribution in [3.63, 3.8) is 0 Å². The van der Waals surface area contributed by atoms with Crippen LogP contribution >= 0.6 is 22.6 Å². The molecule has 3 aromatic rings. The molecule has 0 saturated heterocycles. The Hall–Kier alpha value is -3.21. The number of rotatable bonds is 8. The quantitative estimate of drug-likeness (QED) is 0.265. The van der Waals surface area contributed by atoms with Crippen LogP contribution in [0.3, 0.4) is 0 Å². The monoisotopic (exact) mass is 694 g/mol. The number of aromatic nitrogens is 1. The number of halogens is 2. The number of hydrogen-bond donors (Lipinski definition) is 4. The molecule has 1 aromatic heterocycles. The van der Waals surface area contributed by atoms with Crippen LogP contribution in [0.15, 0.2) is 47.3 Å². The number of aliphatic hydroxyl groups is 1. The number of nitrogens with zero attached hydrogens (tertiary/aromatic N) is 3. The van der Waals surface area contributed by atoms with Crippen molar-refractivity contribution >= 4 is 67.3 Å². The van der Waals surface area contributed by atoms with E-state index in [0.717, 1.165) is 12.8 Å². The van der Waals surface area contributed by atoms with E-state index in [-0.39, 0.29) is 46.1 Å². The Kier molecular flexibility index (Phi) is 6.99. The molecule has 0 radical (unpaired) electrons. The Balaban J connectivity index is 1.51. The summed E-state index contributed by atoms with van der Waals surface area (Å²) >= 11 is 1.99. The van der Waals surface area contributed by atoms with Crippen LogP contribution in [-0.4, -0.2) is 47.3 Å². The molecule has 3 aliphatic rings. The van der Waals surface area contributed by atoms with Crippen molar-refractivity contribution < 1.29 is 22.7 Å². The molecule has 216 valence electrons. The predicted molar refractivity (Wildman–Crippen MR) is 161 cm³/mol. The molecule has 1 aliphatic heterocycles. The van der Waals surface area contributed by atoms with E-state index < -0.39 is 33.8 Å². The summed E-state index contributed by atoms with van der Waals surface area (Å²) in [7, 11) is -2.33. The number of anilines is 5. The van der Waals surface area contributed by atoms with E-state index in [4.69, 9.17) is 0 Å². The molecule has 2 saturated carbocycles. The van der Waals surface area contributed by atoms with E-state index in [2.05, 4.69) is 14.8 Å². The number of nitrogens with one attached hydrogen (secondary N) is 3. The first-order valence-corrected chi connectivity index (χ1v) is 15.7. The molecule has 1 amide bonds. The first kappa shape index (κ1) is 27.9. The summed E-state index contributed by atoms with van der Waals surface area (Å²) in [5.41, 5.74) is 0.668. The van der Waals surface area contributed by atoms with Gasteiger partial charge in [-0.3, -0.25) is 28.7 Å². The topological polar surface area (TPSA) is 136 Å². The SMILES string of the molecule is Cc1c2c(c(Nc3ccc(I)cc3F)n(C)c1=O)C(=O)N(C1CC1)C(O)N2c1cccc(NS(=O)(=O)NC2CC2)c1. The van der Waals surface area contributed by atoms with E-state index in [0.29, 0.717) is 22.1 Å². The molecule has 1 atom stereocenters. The second-order valence-electron chi connectivity index (χ2n) is 10.5. The Morgan fingerprint density at radius 2 is 1.80 bits per heavy atom. The number of fused-ring (bicyclic) bond motifs is 1. The van der Waals surface area contributed by atoms with Crippen LogP contribution in [0.25, 0.3) is 0 Å². The molecule has 11 nitrogen and oxygen atoms in total. The van der Waals surface area contributed by atoms with Crippen LogP contribution in [0.2, 0.25) is 0 Å². The first-order valence-electron chi connectivity index (χ1n) is 13.1. The third kappa shape index (κ3) is 5.29. The van der Waals surface area contributed by atoms with Gasteiger partial charge in [0, 0.05) is 34.0 Å². The zero-order valence-corrected chi connectivity index (χ0v) is 25.2. The van der Waals surface area contributed by atoms with Gasteiger partial charge in [0.25, 0.3) is 21.7 Å². The normalized spacial score (nSPS) is 18.9. The van der Waals surface area contributed by atoms with Crippen molar-refractivity contribution in [1.82, 2.24) is 14.2 Å². The number of benzene rings is 2. The van der Waals surface area contributed by atoms with Gasteiger partial charge in [-0.25, -0.2) is 4.39 Å². The maximum absolute atomic E-state index is 14.9. The van der Waals surface area contributed by atoms with Crippen LogP contribution in [0, 0.1) is 16.3 Å². The lowest BCUT2D eigenvalue weighted by atomic mass is 10.0. The zero-order chi connectivity index (χ0) is 29.2. The van der Waals surface area contributed by atoms with E-state index in [1.54, 1.807) is 31.2 Å². The van der Waals surface area contributed by atoms with Gasteiger partial charge < -0.3 is 10.4 Å². The third-order valence-electron chi connectivity index (χ3n) is 7.36. The van der Waals surface area contributed by atoms with Crippen molar-refractivity contribution in [2.45, 2.75) is 51.0 Å². The fourth-order valence-electron chi connectivity index (χ4n) is 5.06. The van der Waals surface area contributed by atoms with Crippen molar-refractivity contribution in [3.8, 4) is 0 Å². The number of carbonyl (C=O) groups is 1. The fraction of sp³-hybridized carbons (Fsp3) is 0.333. The van der Waals surface area contributed by atoms with Gasteiger partial charge in [-0.1, -0.05) is 6.07 Å². The van der Waals surface area contributed by atoms with E-state index >= 15 is 0 Å². The highest BCUT2D eigenvalue weighted by atomic mass is 127. The molecule has 1 unspecified atom stereocenters. The second kappa shape index (κ2) is 10.3. The van der Waals surface area contributed by atoms with Crippen molar-refractivity contribution in [1.29, 1.82) is 0 Å². The summed E-state index contributed by atoms with van der Waals surface area (Å²) in [5.74, 6) is -0.977. The van der Waals surface area contributed by atoms with Gasteiger partial charge in [0.1, 0.15) is 17.2 Å². The maximum atomic E-state index is 14.9. The standard InChI is InChI=1S/C27H28FIN6O5S/c1-14-23-22(24(33(2)25(14)36)30-21-11-6-15(29)12-20(21)28)26(37)35(18-9-10-18)27(38)34(23)19-5-3-4-17(13-19)32-41(39,40)31-16-7-8-16/h3-6,11-13,16,18,27,30-32,38H,7-10H2,1-2H3. The van der Waals surface area contributed by atoms with Crippen molar-refractivity contribution in [2.75, 3.05) is 14.9 Å². The van der Waals surface area contributed by atoms with Crippen LogP contribution < -0.4 is 25.2 Å². The number of amides is 1. The summed E-state index contributed by atoms with van der Waals surface area (Å²) in [5, 5.41) is 14.5. The highest BCUT2D eigenvalue weighted by Gasteiger charge is 2.47. The molecule has 4 N–H and O–H groups in total. The molecule has 2 aliphatic carbocycles. The van der Waals surface area contributed by atoms with Gasteiger partial charge in [-0.05, 0) is 91.6 Å². The minimum atomic E-state index is -3.83. The summed E-state index contributed by atoms with van der Waals surface area (Å²) < 4.78 is 47.1. The predicted octanol–water partition coefficient (Wildman–Crippen LogP) is 3.62. The molecule has 2 aromatic carbocycles. The lowest BCUT2D eigenvalue weighted by Gasteiger charge is -2.44. The minimum absolute atomic E-state index is 0.0775. The molecular formula is C27H28FIN6O5S. The summed E-state index contributed by atoms with van der Waals surface area (Å²) in [4.78, 5) is 30.3. The highest BCUT2D eigenvalue weighted by molar-refractivity contribution is 14.1. The number of pyridine rings is 1. The van der Waals surface area contributed by atoms with Gasteiger partial charge in [-0.15, -0.1) is 0 Å². The summed E-state index contributed by atoms with van der Waals surface area (Å²) in [6, 6.07) is 10.6. The first-order chi connectivity index (χ1) is 19.4. The molecule has 14 heteroatoms. The van der Waals surface area contributed by atoms with Crippen LogP contribution in [0.1, 0.15) is 41.6 Å². The van der Waals surface area contributed by atoms with Gasteiger partial charge in [0.15, 0.2) is 0 Å². The Labute approximate surface area is 249 Å². The largest absolute Gasteiger partial charge is 0.356 e. The molecule has 0 bridgehead atoms. The Bertz CT molecular complexity index is 1740. The molecule has 2 fully saturated rings. The number of hydrogen-bond acceptors (Lipinski definition) is 7. The smallest absolute Gasteiger partial charge is 0.299 e. The van der Waals surface area contributed by atoms with Gasteiger partial charge in [0.2, 0.25) is 6.35 Å². The number of aliphatic hydroxyl groups excluding tert-OH is 1. The molecule has 0 spiro atoms. The zero-order valence-electron chi connectivity index (χ0n) is 22.2. The summed E-state index contributed by atoms with van der Waals surface area (Å²) in [6.07, 6.45) is 1.47. The highest BCUT2D eigenvalue weighted by Crippen LogP contribution is 2.45. The third-order valence-corrected chi connectivity index (χ3v) is 9.18. The fourth-order valence-corrected chi connectivity index (χ4v) is 6.68. The van der Waals surface area contributed by atoms with Gasteiger partial charge in [0.05, 0.1) is 17.1 Å². The lowest BCUT2D eigenvalue weighted by Crippen LogP contribution is -2.55. The number of carbonyl (C=O) groups excluding carboxylic acids is 1. The van der Waals surface area contributed by atoms with Gasteiger partial charge >= 0.3 is 0 Å². The Morgan fingerprint density at radius 1 is 1.07 bits per heavy atom. The van der Waals surface area contributed by atoms with Crippen LogP contribution in [-0.2, 0) is 17.3 Å². The molecule has 2 heterocycles. The van der Waals surface area contributed by atoms with E-state index in [1.165, 1.54) is 39.6 Å². The van der Waals surface area contributed by atoms with E-state index in [9.17, 15) is 27.5 Å². The Morgan fingerprint density at radius 3 is 2.46 bits per heavy atom. The second-order valence-corrected chi connectivity index (χ2v) is 13.2. The van der Waals surface area contributed by atoms with Crippen LogP contribution in [0.4, 0.5) is 33.0 Å².